The average Bonchev–Trinajstić information content (AvgIpc) is 2.61. The Bertz CT molecular complexity index is 553. The van der Waals surface area contributed by atoms with E-state index in [0.717, 1.165) is 6.20 Å². The van der Waals surface area contributed by atoms with Crippen molar-refractivity contribution in [3.05, 3.63) is 27.0 Å². The molecular weight excluding hydrogens is 248 g/mol. The Balaban J connectivity index is 2.42. The number of aliphatic hydroxyl groups excluding tert-OH is 3. The first-order valence-electron chi connectivity index (χ1n) is 5.00. The lowest BCUT2D eigenvalue weighted by atomic mass is 10.2. The van der Waals surface area contributed by atoms with Crippen LogP contribution in [0.25, 0.3) is 0 Å². The molecule has 0 aliphatic carbocycles. The maximum absolute atomic E-state index is 11.5. The van der Waals surface area contributed by atoms with E-state index in [1.165, 1.54) is 0 Å². The highest BCUT2D eigenvalue weighted by Gasteiger charge is 2.42. The van der Waals surface area contributed by atoms with E-state index in [9.17, 15) is 19.8 Å². The van der Waals surface area contributed by atoms with Gasteiger partial charge in [0, 0.05) is 0 Å². The smallest absolute Gasteiger partial charge is 0.349 e. The van der Waals surface area contributed by atoms with Crippen molar-refractivity contribution in [2.75, 3.05) is 17.5 Å². The minimum atomic E-state index is -1.58. The lowest BCUT2D eigenvalue weighted by molar-refractivity contribution is -0.0235. The normalized spacial score (nSPS) is 27.7. The molecule has 10 heteroatoms. The predicted octanol–water partition coefficient (Wildman–Crippen LogP) is -3.96. The third-order valence-corrected chi connectivity index (χ3v) is 2.50. The van der Waals surface area contributed by atoms with Crippen molar-refractivity contribution < 1.29 is 20.2 Å². The van der Waals surface area contributed by atoms with Gasteiger partial charge < -0.3 is 21.1 Å². The number of aromatic amines is 1. The van der Waals surface area contributed by atoms with Crippen molar-refractivity contribution in [1.82, 2.24) is 9.66 Å². The zero-order valence-electron chi connectivity index (χ0n) is 9.05. The van der Waals surface area contributed by atoms with Crippen molar-refractivity contribution in [1.29, 1.82) is 0 Å². The van der Waals surface area contributed by atoms with Crippen LogP contribution >= 0.6 is 0 Å². The number of nitrogens with one attached hydrogen (secondary N) is 1. The maximum Gasteiger partial charge on any atom is 0.349 e. The van der Waals surface area contributed by atoms with Gasteiger partial charge in [-0.3, -0.25) is 9.78 Å². The summed E-state index contributed by atoms with van der Waals surface area (Å²) in [5, 5.41) is 28.7. The molecule has 0 radical (unpaired) electrons. The minimum Gasteiger partial charge on any atom is -0.393 e. The number of hydroxylamine groups is 1. The van der Waals surface area contributed by atoms with Crippen molar-refractivity contribution in [3.8, 4) is 0 Å². The van der Waals surface area contributed by atoms with Crippen molar-refractivity contribution in [2.45, 2.75) is 18.4 Å². The minimum absolute atomic E-state index is 0.271. The Labute approximate surface area is 99.4 Å². The average molecular weight is 260 g/mol. The summed E-state index contributed by atoms with van der Waals surface area (Å²) in [5.41, 5.74) is 3.38. The van der Waals surface area contributed by atoms with Gasteiger partial charge in [0.1, 0.15) is 17.9 Å². The molecule has 1 aliphatic heterocycles. The summed E-state index contributed by atoms with van der Waals surface area (Å²) in [6, 6.07) is 0. The number of hydrogen-bond donors (Lipinski definition) is 5. The molecule has 100 valence electrons. The number of rotatable bonds is 2. The number of aliphatic hydroxyl groups is 3. The molecule has 1 fully saturated rings. The van der Waals surface area contributed by atoms with E-state index < -0.39 is 36.3 Å². The monoisotopic (exact) mass is 260 g/mol. The zero-order chi connectivity index (χ0) is 13.4. The van der Waals surface area contributed by atoms with E-state index in [2.05, 4.69) is 0 Å². The van der Waals surface area contributed by atoms with Crippen LogP contribution in [0.1, 0.15) is 0 Å². The number of nitrogen functional groups attached to an aromatic ring is 1. The Hall–Kier alpha value is -1.88. The summed E-state index contributed by atoms with van der Waals surface area (Å²) in [7, 11) is 0. The van der Waals surface area contributed by atoms with Crippen LogP contribution in [0.5, 0.6) is 0 Å². The second-order valence-corrected chi connectivity index (χ2v) is 3.72. The third kappa shape index (κ3) is 1.86. The van der Waals surface area contributed by atoms with Crippen LogP contribution in [0.3, 0.4) is 0 Å². The zero-order valence-corrected chi connectivity index (χ0v) is 9.05. The lowest BCUT2D eigenvalue weighted by Gasteiger charge is -2.22. The molecule has 18 heavy (non-hydrogen) atoms. The molecule has 1 aromatic rings. The van der Waals surface area contributed by atoms with Crippen molar-refractivity contribution in [2.24, 2.45) is 0 Å². The molecule has 2 heterocycles. The van der Waals surface area contributed by atoms with Crippen molar-refractivity contribution in [3.63, 3.8) is 0 Å². The first-order chi connectivity index (χ1) is 8.45. The molecule has 1 aromatic heterocycles. The maximum atomic E-state index is 11.5. The number of H-pyrrole nitrogens is 1. The standard InChI is InChI=1S/C8H12N4O6/c9-3-1-11(8(17)10-6(3)15)12-7(16)5(14)4(2-13)18-12/h1,4-5,7,13-14,16H,2,9H2,(H,10,15,17)/t4-,5-,7-/m1/s1. The van der Waals surface area contributed by atoms with E-state index >= 15 is 0 Å². The summed E-state index contributed by atoms with van der Waals surface area (Å²) in [5.74, 6) is 0. The Kier molecular flexibility index (Phi) is 3.09. The molecule has 10 nitrogen and oxygen atoms in total. The van der Waals surface area contributed by atoms with Gasteiger partial charge in [-0.25, -0.2) is 9.63 Å². The fraction of sp³-hybridized carbons (Fsp3) is 0.500. The first-order valence-corrected chi connectivity index (χ1v) is 5.00. The van der Waals surface area contributed by atoms with Gasteiger partial charge >= 0.3 is 5.69 Å². The summed E-state index contributed by atoms with van der Waals surface area (Å²) in [4.78, 5) is 29.4. The number of nitrogens with two attached hydrogens (primary N) is 1. The summed E-state index contributed by atoms with van der Waals surface area (Å²) >= 11 is 0. The Morgan fingerprint density at radius 3 is 2.67 bits per heavy atom. The van der Waals surface area contributed by atoms with Gasteiger partial charge in [-0.1, -0.05) is 0 Å². The number of aromatic nitrogens is 2. The van der Waals surface area contributed by atoms with E-state index in [1.54, 1.807) is 0 Å². The molecule has 6 N–H and O–H groups in total. The third-order valence-electron chi connectivity index (χ3n) is 2.50. The summed E-state index contributed by atoms with van der Waals surface area (Å²) < 4.78 is 0.695. The predicted molar refractivity (Wildman–Crippen MR) is 57.9 cm³/mol. The van der Waals surface area contributed by atoms with Gasteiger partial charge in [0.15, 0.2) is 6.23 Å². The fourth-order valence-electron chi connectivity index (χ4n) is 1.53. The second kappa shape index (κ2) is 4.42. The number of hydrogen-bond acceptors (Lipinski definition) is 8. The van der Waals surface area contributed by atoms with Crippen LogP contribution < -0.4 is 22.2 Å². The van der Waals surface area contributed by atoms with E-state index in [1.807, 2.05) is 4.98 Å². The molecule has 0 bridgehead atoms. The van der Waals surface area contributed by atoms with Gasteiger partial charge in [-0.15, -0.1) is 0 Å². The highest BCUT2D eigenvalue weighted by Crippen LogP contribution is 2.17. The van der Waals surface area contributed by atoms with E-state index in [-0.39, 0.29) is 5.69 Å². The molecule has 1 saturated heterocycles. The fourth-order valence-corrected chi connectivity index (χ4v) is 1.53. The van der Waals surface area contributed by atoms with Crippen molar-refractivity contribution >= 4 is 5.69 Å². The van der Waals surface area contributed by atoms with Gasteiger partial charge in [-0.05, 0) is 0 Å². The molecule has 2 rings (SSSR count). The molecule has 3 atom stereocenters. The SMILES string of the molecule is Nc1cn(N2O[C@H](CO)[C@@H](O)[C@H]2O)c(=O)[nH]c1=O. The largest absolute Gasteiger partial charge is 0.393 e. The van der Waals surface area contributed by atoms with Crippen LogP contribution in [-0.2, 0) is 4.84 Å². The molecule has 0 unspecified atom stereocenters. The van der Waals surface area contributed by atoms with E-state index in [0.29, 0.717) is 9.85 Å². The quantitative estimate of drug-likeness (QED) is 0.361. The summed E-state index contributed by atoms with van der Waals surface area (Å²) in [6.07, 6.45) is -3.13. The molecule has 0 amide bonds. The second-order valence-electron chi connectivity index (χ2n) is 3.72. The van der Waals surface area contributed by atoms with Crippen LogP contribution in [0.4, 0.5) is 5.69 Å². The summed E-state index contributed by atoms with van der Waals surface area (Å²) in [6.45, 7) is -0.553. The highest BCUT2D eigenvalue weighted by molar-refractivity contribution is 5.30. The van der Waals surface area contributed by atoms with Crippen LogP contribution in [-0.4, -0.2) is 50.0 Å². The van der Waals surface area contributed by atoms with Gasteiger partial charge in [-0.2, -0.15) is 9.85 Å². The van der Waals surface area contributed by atoms with Crippen LogP contribution in [0.15, 0.2) is 15.8 Å². The van der Waals surface area contributed by atoms with Gasteiger partial charge in [0.05, 0.1) is 12.8 Å². The number of nitrogens with zero attached hydrogens (tertiary/aromatic N) is 2. The topological polar surface area (TPSA) is 154 Å². The van der Waals surface area contributed by atoms with Crippen LogP contribution in [0.2, 0.25) is 0 Å². The lowest BCUT2D eigenvalue weighted by Crippen LogP contribution is -2.49. The molecule has 0 spiro atoms. The number of anilines is 1. The first kappa shape index (κ1) is 12.6. The molecule has 0 aromatic carbocycles. The molecule has 0 saturated carbocycles. The van der Waals surface area contributed by atoms with Gasteiger partial charge in [0.2, 0.25) is 0 Å². The Morgan fingerprint density at radius 1 is 1.44 bits per heavy atom. The molecule has 1 aliphatic rings. The highest BCUT2D eigenvalue weighted by atomic mass is 16.8. The van der Waals surface area contributed by atoms with E-state index in [4.69, 9.17) is 15.7 Å². The Morgan fingerprint density at radius 2 is 2.11 bits per heavy atom. The van der Waals surface area contributed by atoms with Gasteiger partial charge in [0.25, 0.3) is 5.56 Å². The van der Waals surface area contributed by atoms with Crippen LogP contribution in [0, 0.1) is 0 Å². The molecular formula is C8H12N4O6.